The molecule has 0 spiro atoms. The van der Waals surface area contributed by atoms with Crippen LogP contribution in [0.2, 0.25) is 0 Å². The zero-order valence-electron chi connectivity index (χ0n) is 19.1. The lowest BCUT2D eigenvalue weighted by molar-refractivity contribution is -0.637. The van der Waals surface area contributed by atoms with Gasteiger partial charge in [-0.2, -0.15) is 4.70 Å². The standard InChI is InChI=1S/C8H13N3.C8H14N3.C5H9N3.4CH4/c1-6(2)8-10-9-5-11(8)7-3-4-7;1-6(2)11-8(5-9-10-11)7-3-4-7;1-5(2)8-4-3-6-7-8;;;;/h5-7H,3-4H2,1-2H3;5-8H,3-4H2,1-2H3;3-5H,1-2H3;4*1H4/q;+1;;;;;. The Kier molecular flexibility index (Phi) is 15.3. The molecule has 1 atom stereocenters. The smallest absolute Gasteiger partial charge is 0.191 e. The molecule has 0 saturated heterocycles. The Labute approximate surface area is 208 Å². The van der Waals surface area contributed by atoms with E-state index in [9.17, 15) is 0 Å². The molecular weight excluding hydrogens is 426 g/mol. The molecule has 2 aliphatic carbocycles. The lowest BCUT2D eigenvalue weighted by atomic mass is 10.2. The molecular formula is C25H52N9+. The first-order valence-electron chi connectivity index (χ1n) is 11.2. The van der Waals surface area contributed by atoms with Crippen LogP contribution in [0, 0.1) is 5.92 Å². The quantitative estimate of drug-likeness (QED) is 0.443. The van der Waals surface area contributed by atoms with Gasteiger partial charge >= 0.3 is 0 Å². The molecule has 34 heavy (non-hydrogen) atoms. The Morgan fingerprint density at radius 2 is 1.56 bits per heavy atom. The van der Waals surface area contributed by atoms with Gasteiger partial charge in [-0.3, -0.25) is 4.68 Å². The van der Waals surface area contributed by atoms with Crippen molar-refractivity contribution in [2.75, 3.05) is 0 Å². The van der Waals surface area contributed by atoms with Crippen LogP contribution in [0.4, 0.5) is 0 Å². The fraction of sp³-hybridized carbons (Fsp3) is 0.800. The van der Waals surface area contributed by atoms with Crippen LogP contribution >= 0.6 is 0 Å². The molecule has 196 valence electrons. The lowest BCUT2D eigenvalue weighted by Crippen LogP contribution is -2.30. The fourth-order valence-corrected chi connectivity index (χ4v) is 3.30. The lowest BCUT2D eigenvalue weighted by Gasteiger charge is -2.08. The summed E-state index contributed by atoms with van der Waals surface area (Å²) in [5.74, 6) is 2.47. The van der Waals surface area contributed by atoms with E-state index in [0.29, 0.717) is 30.1 Å². The summed E-state index contributed by atoms with van der Waals surface area (Å²) < 4.78 is 6.13. The van der Waals surface area contributed by atoms with E-state index in [4.69, 9.17) is 0 Å². The van der Waals surface area contributed by atoms with Gasteiger partial charge in [0, 0.05) is 30.1 Å². The minimum atomic E-state index is 0. The predicted molar refractivity (Wildman–Crippen MR) is 143 cm³/mol. The Hall–Kier alpha value is -2.45. The predicted octanol–water partition coefficient (Wildman–Crippen LogP) is 6.78. The van der Waals surface area contributed by atoms with Crippen molar-refractivity contribution >= 4 is 6.21 Å². The topological polar surface area (TPSA) is 89.1 Å². The van der Waals surface area contributed by atoms with Crippen molar-refractivity contribution in [3.8, 4) is 0 Å². The van der Waals surface area contributed by atoms with E-state index in [0.717, 1.165) is 11.7 Å². The summed E-state index contributed by atoms with van der Waals surface area (Å²) in [5, 5.41) is 23.5. The third-order valence-corrected chi connectivity index (χ3v) is 5.34. The van der Waals surface area contributed by atoms with Crippen LogP contribution in [0.5, 0.6) is 0 Å². The van der Waals surface area contributed by atoms with Gasteiger partial charge in [0.05, 0.1) is 11.3 Å². The molecule has 3 aliphatic rings. The first kappa shape index (κ1) is 33.7. The van der Waals surface area contributed by atoms with Crippen molar-refractivity contribution in [2.45, 2.75) is 127 Å². The van der Waals surface area contributed by atoms with E-state index in [1.54, 1.807) is 10.9 Å². The maximum absolute atomic E-state index is 4.09. The molecule has 2 fully saturated rings. The Morgan fingerprint density at radius 1 is 0.912 bits per heavy atom. The van der Waals surface area contributed by atoms with Crippen LogP contribution in [0.3, 0.4) is 0 Å². The molecule has 2 aromatic rings. The fourth-order valence-electron chi connectivity index (χ4n) is 3.30. The molecule has 0 radical (unpaired) electrons. The van der Waals surface area contributed by atoms with Crippen molar-refractivity contribution < 1.29 is 4.70 Å². The molecule has 0 bridgehead atoms. The summed E-state index contributed by atoms with van der Waals surface area (Å²) >= 11 is 0. The third-order valence-electron chi connectivity index (χ3n) is 5.34. The highest BCUT2D eigenvalue weighted by Crippen LogP contribution is 2.36. The molecule has 9 heteroatoms. The first-order valence-corrected chi connectivity index (χ1v) is 11.2. The number of nitrogens with zero attached hydrogens (tertiary/aromatic N) is 9. The molecule has 2 saturated carbocycles. The normalized spacial score (nSPS) is 17.8. The molecule has 3 heterocycles. The molecule has 0 aromatic carbocycles. The molecule has 0 amide bonds. The van der Waals surface area contributed by atoms with Crippen molar-refractivity contribution in [1.82, 2.24) is 29.8 Å². The SMILES string of the molecule is C.C.C.C.CC(C)[N+]1=NN=CC1C1CC1.CC(C)c1nncn1C1CC1.CC(C)n1ccnn1. The third kappa shape index (κ3) is 9.43. The summed E-state index contributed by atoms with van der Waals surface area (Å²) in [6, 6.07) is 2.14. The minimum absolute atomic E-state index is 0. The van der Waals surface area contributed by atoms with Gasteiger partial charge in [-0.05, 0) is 53.4 Å². The molecule has 2 aromatic heterocycles. The second-order valence-corrected chi connectivity index (χ2v) is 9.11. The average molecular weight is 479 g/mol. The van der Waals surface area contributed by atoms with Crippen LogP contribution in [0.25, 0.3) is 0 Å². The maximum Gasteiger partial charge on any atom is 0.191 e. The van der Waals surface area contributed by atoms with Gasteiger partial charge < -0.3 is 4.57 Å². The second-order valence-electron chi connectivity index (χ2n) is 9.11. The Bertz CT molecular complexity index is 810. The second kappa shape index (κ2) is 15.5. The summed E-state index contributed by atoms with van der Waals surface area (Å²) in [7, 11) is 0. The summed E-state index contributed by atoms with van der Waals surface area (Å²) in [4.78, 5) is 0. The molecule has 0 N–H and O–H groups in total. The summed E-state index contributed by atoms with van der Waals surface area (Å²) in [6.45, 7) is 12.8. The van der Waals surface area contributed by atoms with E-state index >= 15 is 0 Å². The molecule has 5 rings (SSSR count). The van der Waals surface area contributed by atoms with Crippen LogP contribution in [0.1, 0.15) is 121 Å². The molecule has 1 unspecified atom stereocenters. The van der Waals surface area contributed by atoms with Gasteiger partial charge in [0.1, 0.15) is 23.4 Å². The number of hydrogen-bond donors (Lipinski definition) is 0. The van der Waals surface area contributed by atoms with Gasteiger partial charge in [-0.15, -0.1) is 15.3 Å². The van der Waals surface area contributed by atoms with Gasteiger partial charge in [0.25, 0.3) is 0 Å². The van der Waals surface area contributed by atoms with Crippen LogP contribution in [-0.2, 0) is 0 Å². The zero-order chi connectivity index (χ0) is 21.7. The van der Waals surface area contributed by atoms with Crippen molar-refractivity contribution in [3.05, 3.63) is 24.5 Å². The largest absolute Gasteiger partial charge is 0.314 e. The molecule has 9 nitrogen and oxygen atoms in total. The Balaban J connectivity index is 0. The van der Waals surface area contributed by atoms with Crippen LogP contribution in [-0.4, -0.2) is 52.8 Å². The highest BCUT2D eigenvalue weighted by atomic mass is 15.5. The number of aromatic nitrogens is 6. The monoisotopic (exact) mass is 478 g/mol. The van der Waals surface area contributed by atoms with Crippen molar-refractivity contribution in [1.29, 1.82) is 0 Å². The van der Waals surface area contributed by atoms with Crippen LogP contribution in [0.15, 0.2) is 29.0 Å². The maximum atomic E-state index is 4.09. The van der Waals surface area contributed by atoms with Crippen molar-refractivity contribution in [3.63, 3.8) is 0 Å². The van der Waals surface area contributed by atoms with E-state index in [1.807, 2.05) is 18.7 Å². The zero-order valence-corrected chi connectivity index (χ0v) is 19.1. The van der Waals surface area contributed by atoms with Crippen molar-refractivity contribution in [2.24, 2.45) is 16.2 Å². The minimum Gasteiger partial charge on any atom is -0.314 e. The van der Waals surface area contributed by atoms with Gasteiger partial charge in [-0.1, -0.05) is 48.8 Å². The van der Waals surface area contributed by atoms with E-state index in [1.165, 1.54) is 25.7 Å². The van der Waals surface area contributed by atoms with Gasteiger partial charge in [0.2, 0.25) is 0 Å². The van der Waals surface area contributed by atoms with E-state index < -0.39 is 0 Å². The van der Waals surface area contributed by atoms with E-state index in [2.05, 4.69) is 81.6 Å². The molecule has 1 aliphatic heterocycles. The summed E-state index contributed by atoms with van der Waals surface area (Å²) in [6.07, 6.45) is 12.7. The van der Waals surface area contributed by atoms with Crippen LogP contribution < -0.4 is 0 Å². The highest BCUT2D eigenvalue weighted by Gasteiger charge is 2.41. The van der Waals surface area contributed by atoms with Gasteiger partial charge in [0.15, 0.2) is 12.3 Å². The van der Waals surface area contributed by atoms with Gasteiger partial charge in [-0.25, -0.2) is 0 Å². The highest BCUT2D eigenvalue weighted by molar-refractivity contribution is 5.64. The average Bonchev–Trinajstić information content (AvgIpc) is 3.54. The Morgan fingerprint density at radius 3 is 1.97 bits per heavy atom. The first-order chi connectivity index (χ1) is 14.4. The number of hydrogen-bond acceptors (Lipinski definition) is 6. The number of rotatable bonds is 5. The van der Waals surface area contributed by atoms with E-state index in [-0.39, 0.29) is 29.7 Å². The summed E-state index contributed by atoms with van der Waals surface area (Å²) in [5.41, 5.74) is 0.